The van der Waals surface area contributed by atoms with Gasteiger partial charge in [0, 0.05) is 50.1 Å². The average Bonchev–Trinajstić information content (AvgIpc) is 3.23. The molecule has 2 aliphatic rings. The zero-order valence-electron chi connectivity index (χ0n) is 20.6. The minimum absolute atomic E-state index is 0.156. The number of aromatic nitrogens is 3. The molecule has 0 saturated heterocycles. The fourth-order valence-electron chi connectivity index (χ4n) is 5.04. The number of carboxylic acid groups (broad SMARTS) is 1. The number of rotatable bonds is 10. The lowest BCUT2D eigenvalue weighted by molar-refractivity contribution is -0.140. The topological polar surface area (TPSA) is 118 Å². The maximum absolute atomic E-state index is 12.6. The highest BCUT2D eigenvalue weighted by Crippen LogP contribution is 2.34. The number of pyridine rings is 2. The van der Waals surface area contributed by atoms with E-state index in [2.05, 4.69) is 27.8 Å². The van der Waals surface area contributed by atoms with Crippen LogP contribution in [0.5, 0.6) is 0 Å². The number of hydrogen-bond acceptors (Lipinski definition) is 6. The van der Waals surface area contributed by atoms with E-state index >= 15 is 0 Å². The summed E-state index contributed by atoms with van der Waals surface area (Å²) in [4.78, 5) is 33.4. The zero-order chi connectivity index (χ0) is 25.1. The highest BCUT2D eigenvalue weighted by atomic mass is 16.5. The van der Waals surface area contributed by atoms with E-state index in [0.717, 1.165) is 61.2 Å². The number of nitrogens with zero attached hydrogens (tertiary/aromatic N) is 3. The first kappa shape index (κ1) is 24.2. The second kappa shape index (κ2) is 10.7. The first-order chi connectivity index (χ1) is 17.5. The number of aryl methyl sites for hydroxylation is 3. The van der Waals surface area contributed by atoms with Gasteiger partial charge >= 0.3 is 5.97 Å². The molecule has 4 heterocycles. The summed E-state index contributed by atoms with van der Waals surface area (Å²) in [6.07, 6.45) is 9.98. The Labute approximate surface area is 210 Å². The second-order valence-electron chi connectivity index (χ2n) is 9.93. The number of aliphatic carboxylic acids is 1. The lowest BCUT2D eigenvalue weighted by Gasteiger charge is -2.35. The lowest BCUT2D eigenvalue weighted by atomic mass is 9.79. The van der Waals surface area contributed by atoms with Gasteiger partial charge in [-0.05, 0) is 68.2 Å². The van der Waals surface area contributed by atoms with Gasteiger partial charge in [0.25, 0.3) is 5.91 Å². The van der Waals surface area contributed by atoms with Crippen molar-refractivity contribution < 1.29 is 19.4 Å². The molecule has 1 atom stereocenters. The molecular formula is C27H33N5O4. The molecule has 1 amide bonds. The van der Waals surface area contributed by atoms with Crippen molar-refractivity contribution in [2.75, 3.05) is 18.5 Å². The molecule has 36 heavy (non-hydrogen) atoms. The summed E-state index contributed by atoms with van der Waals surface area (Å²) in [7, 11) is 1.88. The molecule has 1 unspecified atom stereocenters. The minimum Gasteiger partial charge on any atom is -0.480 e. The molecule has 1 aliphatic heterocycles. The quantitative estimate of drug-likeness (QED) is 0.398. The third-order valence-electron chi connectivity index (χ3n) is 7.29. The van der Waals surface area contributed by atoms with Gasteiger partial charge in [0.2, 0.25) is 0 Å². The summed E-state index contributed by atoms with van der Waals surface area (Å²) >= 11 is 0. The zero-order valence-corrected chi connectivity index (χ0v) is 20.6. The van der Waals surface area contributed by atoms with Crippen LogP contribution in [-0.4, -0.2) is 56.8 Å². The Kier molecular flexibility index (Phi) is 7.18. The number of nitrogens with one attached hydrogen (secondary N) is 2. The second-order valence-corrected chi connectivity index (χ2v) is 9.93. The molecule has 1 saturated carbocycles. The first-order valence-electron chi connectivity index (χ1n) is 12.8. The molecule has 1 fully saturated rings. The van der Waals surface area contributed by atoms with Crippen LogP contribution < -0.4 is 10.6 Å². The maximum Gasteiger partial charge on any atom is 0.326 e. The summed E-state index contributed by atoms with van der Waals surface area (Å²) < 4.78 is 7.77. The van der Waals surface area contributed by atoms with Crippen molar-refractivity contribution in [3.05, 3.63) is 53.5 Å². The fourth-order valence-corrected chi connectivity index (χ4v) is 5.04. The van der Waals surface area contributed by atoms with E-state index in [0.29, 0.717) is 18.1 Å². The Morgan fingerprint density at radius 2 is 2.17 bits per heavy atom. The van der Waals surface area contributed by atoms with Crippen molar-refractivity contribution in [3.63, 3.8) is 0 Å². The van der Waals surface area contributed by atoms with E-state index in [4.69, 9.17) is 9.72 Å². The number of carbonyl (C=O) groups excluding carboxylic acids is 1. The van der Waals surface area contributed by atoms with Crippen LogP contribution in [0.3, 0.4) is 0 Å². The predicted molar refractivity (Wildman–Crippen MR) is 136 cm³/mol. The maximum atomic E-state index is 12.6. The molecule has 3 N–H and O–H groups in total. The number of hydrogen-bond donors (Lipinski definition) is 3. The van der Waals surface area contributed by atoms with Crippen LogP contribution >= 0.6 is 0 Å². The van der Waals surface area contributed by atoms with Gasteiger partial charge in [0.05, 0.1) is 11.7 Å². The van der Waals surface area contributed by atoms with Crippen molar-refractivity contribution >= 4 is 28.7 Å². The molecule has 190 valence electrons. The first-order valence-corrected chi connectivity index (χ1v) is 12.8. The standard InChI is InChI=1S/C27H33N5O4/c1-32-11-8-19-15-20(16-29-25(19)32)26(33)31-23(27(34)35)9-12-36-22-13-17(14-22)4-6-21-7-5-18-3-2-10-28-24(18)30-21/h5,7-8,11,15-17,22-23H,2-4,6,9-10,12-14H2,1H3,(H,28,30)(H,31,33)(H,34,35)/t17-,22-,23?. The smallest absolute Gasteiger partial charge is 0.326 e. The van der Waals surface area contributed by atoms with E-state index in [-0.39, 0.29) is 12.5 Å². The fraction of sp³-hybridized carbons (Fsp3) is 0.481. The molecule has 1 aliphatic carbocycles. The number of amides is 1. The van der Waals surface area contributed by atoms with E-state index < -0.39 is 17.9 Å². The van der Waals surface area contributed by atoms with E-state index in [1.807, 2.05) is 23.9 Å². The summed E-state index contributed by atoms with van der Waals surface area (Å²) in [6, 6.07) is 6.92. The van der Waals surface area contributed by atoms with Crippen LogP contribution in [-0.2, 0) is 29.4 Å². The molecule has 9 heteroatoms. The van der Waals surface area contributed by atoms with Gasteiger partial charge in [0.15, 0.2) is 0 Å². The third kappa shape index (κ3) is 5.51. The van der Waals surface area contributed by atoms with Gasteiger partial charge in [-0.2, -0.15) is 0 Å². The van der Waals surface area contributed by atoms with E-state index in [9.17, 15) is 14.7 Å². The molecule has 0 aromatic carbocycles. The molecular weight excluding hydrogens is 458 g/mol. The van der Waals surface area contributed by atoms with Crippen molar-refractivity contribution in [2.24, 2.45) is 13.0 Å². The Morgan fingerprint density at radius 3 is 3.00 bits per heavy atom. The van der Waals surface area contributed by atoms with Crippen LogP contribution in [0, 0.1) is 5.92 Å². The Morgan fingerprint density at radius 1 is 1.31 bits per heavy atom. The van der Waals surface area contributed by atoms with Gasteiger partial charge in [-0.3, -0.25) is 4.79 Å². The van der Waals surface area contributed by atoms with Crippen molar-refractivity contribution in [3.8, 4) is 0 Å². The predicted octanol–water partition coefficient (Wildman–Crippen LogP) is 3.33. The van der Waals surface area contributed by atoms with E-state index in [1.54, 1.807) is 6.07 Å². The number of fused-ring (bicyclic) bond motifs is 2. The summed E-state index contributed by atoms with van der Waals surface area (Å²) in [5, 5.41) is 16.4. The molecule has 0 spiro atoms. The van der Waals surface area contributed by atoms with Gasteiger partial charge in [-0.1, -0.05) is 6.07 Å². The Bertz CT molecular complexity index is 1250. The van der Waals surface area contributed by atoms with Crippen molar-refractivity contribution in [1.82, 2.24) is 19.9 Å². The summed E-state index contributed by atoms with van der Waals surface area (Å²) in [5.74, 6) is 0.135. The molecule has 5 rings (SSSR count). The number of anilines is 1. The highest BCUT2D eigenvalue weighted by molar-refractivity contribution is 5.98. The van der Waals surface area contributed by atoms with Crippen LogP contribution in [0.15, 0.2) is 36.7 Å². The normalized spacial score (nSPS) is 19.7. The molecule has 0 radical (unpaired) electrons. The number of ether oxygens (including phenoxy) is 1. The van der Waals surface area contributed by atoms with Crippen LogP contribution in [0.1, 0.15) is 53.7 Å². The lowest BCUT2D eigenvalue weighted by Crippen LogP contribution is -2.42. The van der Waals surface area contributed by atoms with Crippen LogP contribution in [0.25, 0.3) is 11.0 Å². The summed E-state index contributed by atoms with van der Waals surface area (Å²) in [5.41, 5.74) is 3.55. The Balaban J connectivity index is 1.03. The van der Waals surface area contributed by atoms with Crippen molar-refractivity contribution in [1.29, 1.82) is 0 Å². The molecule has 9 nitrogen and oxygen atoms in total. The van der Waals surface area contributed by atoms with Gasteiger partial charge in [0.1, 0.15) is 17.5 Å². The van der Waals surface area contributed by atoms with Crippen molar-refractivity contribution in [2.45, 2.75) is 57.1 Å². The number of carboxylic acids is 1. The third-order valence-corrected chi connectivity index (χ3v) is 7.29. The Hall–Kier alpha value is -3.46. The van der Waals surface area contributed by atoms with Crippen LogP contribution in [0.4, 0.5) is 5.82 Å². The summed E-state index contributed by atoms with van der Waals surface area (Å²) in [6.45, 7) is 1.29. The SMILES string of the molecule is Cn1ccc2cc(C(=O)NC(CCO[C@H]3C[C@H](CCc4ccc5c(n4)NCCC5)C3)C(=O)O)cnc21. The highest BCUT2D eigenvalue weighted by Gasteiger charge is 2.30. The van der Waals surface area contributed by atoms with E-state index in [1.165, 1.54) is 18.2 Å². The van der Waals surface area contributed by atoms with Crippen LogP contribution in [0.2, 0.25) is 0 Å². The minimum atomic E-state index is -1.07. The molecule has 3 aromatic rings. The molecule has 0 bridgehead atoms. The average molecular weight is 492 g/mol. The van der Waals surface area contributed by atoms with Gasteiger partial charge in [-0.25, -0.2) is 14.8 Å². The largest absolute Gasteiger partial charge is 0.480 e. The van der Waals surface area contributed by atoms with Gasteiger partial charge in [-0.15, -0.1) is 0 Å². The number of carbonyl (C=O) groups is 2. The molecule has 3 aromatic heterocycles. The monoisotopic (exact) mass is 491 g/mol. The van der Waals surface area contributed by atoms with Gasteiger partial charge < -0.3 is 25.0 Å².